The Balaban J connectivity index is 0.000000980. The van der Waals surface area contributed by atoms with Crippen LogP contribution in [-0.2, 0) is 0 Å². The zero-order valence-electron chi connectivity index (χ0n) is 8.16. The van der Waals surface area contributed by atoms with E-state index in [9.17, 15) is 0 Å². The van der Waals surface area contributed by atoms with Gasteiger partial charge in [0, 0.05) is 19.2 Å². The van der Waals surface area contributed by atoms with E-state index in [-0.39, 0.29) is 24.8 Å². The van der Waals surface area contributed by atoms with Gasteiger partial charge in [-0.15, -0.1) is 24.8 Å². The lowest BCUT2D eigenvalue weighted by molar-refractivity contribution is 0.471. The van der Waals surface area contributed by atoms with Gasteiger partial charge in [0.1, 0.15) is 16.8 Å². The molecule has 0 saturated carbocycles. The molecule has 1 aromatic rings. The summed E-state index contributed by atoms with van der Waals surface area (Å²) in [5.41, 5.74) is 0. The zero-order valence-corrected chi connectivity index (χ0v) is 10.5. The van der Waals surface area contributed by atoms with E-state index in [2.05, 4.69) is 20.6 Å². The average molecular weight is 272 g/mol. The normalized spacial score (nSPS) is 14.5. The van der Waals surface area contributed by atoms with Gasteiger partial charge in [-0.1, -0.05) is 11.6 Å². The molecule has 0 aromatic carbocycles. The van der Waals surface area contributed by atoms with Gasteiger partial charge in [0.15, 0.2) is 0 Å². The van der Waals surface area contributed by atoms with Crippen molar-refractivity contribution in [3.63, 3.8) is 0 Å². The highest BCUT2D eigenvalue weighted by molar-refractivity contribution is 6.29. The lowest BCUT2D eigenvalue weighted by atomic mass is 10.2. The fourth-order valence-electron chi connectivity index (χ4n) is 1.21. The van der Waals surface area contributed by atoms with Gasteiger partial charge < -0.3 is 10.6 Å². The third kappa shape index (κ3) is 3.99. The van der Waals surface area contributed by atoms with E-state index in [0.29, 0.717) is 17.0 Å². The van der Waals surface area contributed by atoms with Gasteiger partial charge in [-0.3, -0.25) is 0 Å². The quantitative estimate of drug-likeness (QED) is 0.804. The number of hydrogen-bond acceptors (Lipinski definition) is 4. The molecule has 15 heavy (non-hydrogen) atoms. The molecule has 7 heteroatoms. The van der Waals surface area contributed by atoms with Crippen LogP contribution < -0.4 is 10.6 Å². The predicted octanol–water partition coefficient (Wildman–Crippen LogP) is 1.67. The highest BCUT2D eigenvalue weighted by Crippen LogP contribution is 2.12. The Bertz CT molecular complexity index is 297. The van der Waals surface area contributed by atoms with E-state index in [1.165, 1.54) is 0 Å². The van der Waals surface area contributed by atoms with Gasteiger partial charge in [0.05, 0.1) is 6.04 Å². The van der Waals surface area contributed by atoms with Gasteiger partial charge in [-0.25, -0.2) is 9.97 Å². The zero-order chi connectivity index (χ0) is 9.26. The van der Waals surface area contributed by atoms with Crippen LogP contribution in [0.2, 0.25) is 5.15 Å². The van der Waals surface area contributed by atoms with Crippen LogP contribution in [0.3, 0.4) is 0 Å². The first-order chi connectivity index (χ1) is 6.24. The topological polar surface area (TPSA) is 49.8 Å². The van der Waals surface area contributed by atoms with Crippen LogP contribution in [-0.4, -0.2) is 29.1 Å². The molecule has 1 aliphatic rings. The van der Waals surface area contributed by atoms with Crippen molar-refractivity contribution in [1.82, 2.24) is 15.3 Å². The first-order valence-corrected chi connectivity index (χ1v) is 4.60. The van der Waals surface area contributed by atoms with E-state index >= 15 is 0 Å². The van der Waals surface area contributed by atoms with Crippen LogP contribution in [0.5, 0.6) is 0 Å². The van der Waals surface area contributed by atoms with Crippen molar-refractivity contribution >= 4 is 42.2 Å². The second-order valence-electron chi connectivity index (χ2n) is 3.12. The Kier molecular flexibility index (Phi) is 6.20. The molecule has 1 saturated heterocycles. The first-order valence-electron chi connectivity index (χ1n) is 4.22. The lowest BCUT2D eigenvalue weighted by Gasteiger charge is -2.28. The number of nitrogens with zero attached hydrogens (tertiary/aromatic N) is 2. The first kappa shape index (κ1) is 14.7. The molecule has 0 aliphatic carbocycles. The summed E-state index contributed by atoms with van der Waals surface area (Å²) in [6, 6.07) is 2.22. The summed E-state index contributed by atoms with van der Waals surface area (Å²) in [4.78, 5) is 8.21. The second-order valence-corrected chi connectivity index (χ2v) is 3.51. The summed E-state index contributed by atoms with van der Waals surface area (Å²) in [7, 11) is 0. The standard InChI is InChI=1S/C8H11ClN4.2ClH/c1-5-11-7(9)2-8(12-5)13-6-3-10-4-6;;/h2,6,10H,3-4H2,1H3,(H,11,12,13);2*1H. The molecule has 2 heterocycles. The number of rotatable bonds is 2. The monoisotopic (exact) mass is 270 g/mol. The fourth-order valence-corrected chi connectivity index (χ4v) is 1.43. The number of hydrogen-bond donors (Lipinski definition) is 2. The number of nitrogens with one attached hydrogen (secondary N) is 2. The van der Waals surface area contributed by atoms with Gasteiger partial charge >= 0.3 is 0 Å². The molecule has 1 aliphatic heterocycles. The predicted molar refractivity (Wildman–Crippen MR) is 66.6 cm³/mol. The highest BCUT2D eigenvalue weighted by atomic mass is 35.5. The smallest absolute Gasteiger partial charge is 0.134 e. The number of aryl methyl sites for hydroxylation is 1. The highest BCUT2D eigenvalue weighted by Gasteiger charge is 2.16. The SMILES string of the molecule is Cc1nc(Cl)cc(NC2CNC2)n1.Cl.Cl. The molecule has 0 spiro atoms. The average Bonchev–Trinajstić information content (AvgIpc) is 1.95. The molecule has 4 nitrogen and oxygen atoms in total. The largest absolute Gasteiger partial charge is 0.365 e. The van der Waals surface area contributed by atoms with E-state index in [4.69, 9.17) is 11.6 Å². The Labute approximate surface area is 106 Å². The molecule has 2 N–H and O–H groups in total. The molecule has 86 valence electrons. The molecular weight excluding hydrogens is 258 g/mol. The van der Waals surface area contributed by atoms with Crippen molar-refractivity contribution in [3.8, 4) is 0 Å². The van der Waals surface area contributed by atoms with Gasteiger partial charge in [0.2, 0.25) is 0 Å². The molecule has 0 radical (unpaired) electrons. The molecular formula is C8H13Cl3N4. The summed E-state index contributed by atoms with van der Waals surface area (Å²) in [5, 5.41) is 6.92. The summed E-state index contributed by atoms with van der Waals surface area (Å²) in [6.07, 6.45) is 0. The van der Waals surface area contributed by atoms with E-state index < -0.39 is 0 Å². The third-order valence-corrected chi connectivity index (χ3v) is 2.13. The molecule has 0 atom stereocenters. The summed E-state index contributed by atoms with van der Waals surface area (Å²) < 4.78 is 0. The van der Waals surface area contributed by atoms with Crippen LogP contribution in [0.4, 0.5) is 5.82 Å². The van der Waals surface area contributed by atoms with Crippen molar-refractivity contribution in [2.75, 3.05) is 18.4 Å². The van der Waals surface area contributed by atoms with Gasteiger partial charge in [-0.2, -0.15) is 0 Å². The van der Waals surface area contributed by atoms with Crippen molar-refractivity contribution < 1.29 is 0 Å². The lowest BCUT2D eigenvalue weighted by Crippen LogP contribution is -2.51. The molecule has 0 bridgehead atoms. The Morgan fingerprint density at radius 2 is 2.07 bits per heavy atom. The molecule has 0 unspecified atom stereocenters. The Hall–Kier alpha value is -0.290. The summed E-state index contributed by atoms with van der Waals surface area (Å²) in [6.45, 7) is 3.80. The molecule has 2 rings (SSSR count). The molecule has 1 fully saturated rings. The maximum absolute atomic E-state index is 5.79. The van der Waals surface area contributed by atoms with E-state index in [0.717, 1.165) is 18.9 Å². The number of anilines is 1. The van der Waals surface area contributed by atoms with Crippen molar-refractivity contribution in [1.29, 1.82) is 0 Å². The van der Waals surface area contributed by atoms with Crippen molar-refractivity contribution in [2.24, 2.45) is 0 Å². The van der Waals surface area contributed by atoms with Crippen LogP contribution in [0.15, 0.2) is 6.07 Å². The number of halogens is 3. The minimum atomic E-state index is 0. The van der Waals surface area contributed by atoms with Crippen LogP contribution in [0.25, 0.3) is 0 Å². The third-order valence-electron chi connectivity index (χ3n) is 1.94. The minimum absolute atomic E-state index is 0. The van der Waals surface area contributed by atoms with Crippen LogP contribution in [0, 0.1) is 6.92 Å². The minimum Gasteiger partial charge on any atom is -0.365 e. The second kappa shape index (κ2) is 6.33. The molecule has 1 aromatic heterocycles. The Morgan fingerprint density at radius 3 is 2.53 bits per heavy atom. The van der Waals surface area contributed by atoms with Gasteiger partial charge in [-0.05, 0) is 6.92 Å². The van der Waals surface area contributed by atoms with Gasteiger partial charge in [0.25, 0.3) is 0 Å². The maximum Gasteiger partial charge on any atom is 0.134 e. The van der Waals surface area contributed by atoms with Crippen LogP contribution >= 0.6 is 36.4 Å². The van der Waals surface area contributed by atoms with E-state index in [1.54, 1.807) is 6.07 Å². The maximum atomic E-state index is 5.79. The van der Waals surface area contributed by atoms with Crippen molar-refractivity contribution in [3.05, 3.63) is 17.0 Å². The summed E-state index contributed by atoms with van der Waals surface area (Å²) >= 11 is 5.79. The van der Waals surface area contributed by atoms with Crippen LogP contribution in [0.1, 0.15) is 5.82 Å². The fraction of sp³-hybridized carbons (Fsp3) is 0.500. The summed E-state index contributed by atoms with van der Waals surface area (Å²) in [5.74, 6) is 1.51. The van der Waals surface area contributed by atoms with Crippen molar-refractivity contribution in [2.45, 2.75) is 13.0 Å². The number of aromatic nitrogens is 2. The molecule has 0 amide bonds. The van der Waals surface area contributed by atoms with E-state index in [1.807, 2.05) is 6.92 Å². The Morgan fingerprint density at radius 1 is 1.40 bits per heavy atom.